The Balaban J connectivity index is 1.65. The van der Waals surface area contributed by atoms with Gasteiger partial charge in [-0.25, -0.2) is 4.98 Å². The van der Waals surface area contributed by atoms with Gasteiger partial charge in [0.15, 0.2) is 5.43 Å². The van der Waals surface area contributed by atoms with Crippen LogP contribution in [0.3, 0.4) is 0 Å². The molecule has 3 aromatic rings. The Morgan fingerprint density at radius 2 is 2.30 bits per heavy atom. The third-order valence-electron chi connectivity index (χ3n) is 4.09. The maximum Gasteiger partial charge on any atom is 0.183 e. The molecule has 1 atom stereocenters. The Hall–Kier alpha value is -2.67. The Kier molecular flexibility index (Phi) is 3.55. The van der Waals surface area contributed by atoms with Crippen LogP contribution in [0.2, 0.25) is 0 Å². The molecule has 1 unspecified atom stereocenters. The molecule has 0 bridgehead atoms. The fraction of sp³-hybridized carbons (Fsp3) is 0.312. The molecule has 1 saturated heterocycles. The summed E-state index contributed by atoms with van der Waals surface area (Å²) in [5, 5.41) is 6.81. The van der Waals surface area contributed by atoms with Gasteiger partial charge in [-0.2, -0.15) is 0 Å². The van der Waals surface area contributed by atoms with E-state index in [2.05, 4.69) is 25.6 Å². The molecule has 1 aliphatic rings. The number of piperidine rings is 1. The zero-order valence-electron chi connectivity index (χ0n) is 12.6. The maximum atomic E-state index is 11.4. The molecule has 0 aliphatic carbocycles. The first-order valence-corrected chi connectivity index (χ1v) is 7.79. The second kappa shape index (κ2) is 5.85. The van der Waals surface area contributed by atoms with Gasteiger partial charge in [0.1, 0.15) is 17.2 Å². The van der Waals surface area contributed by atoms with E-state index in [0.717, 1.165) is 42.4 Å². The number of anilines is 1. The first-order valence-electron chi connectivity index (χ1n) is 7.79. The van der Waals surface area contributed by atoms with Crippen molar-refractivity contribution in [1.29, 1.82) is 0 Å². The topological polar surface area (TPSA) is 87.1 Å². The fourth-order valence-corrected chi connectivity index (χ4v) is 2.95. The van der Waals surface area contributed by atoms with E-state index in [0.29, 0.717) is 6.04 Å². The van der Waals surface area contributed by atoms with Gasteiger partial charge in [0, 0.05) is 37.1 Å². The number of pyridine rings is 1. The zero-order chi connectivity index (χ0) is 15.6. The molecule has 1 fully saturated rings. The summed E-state index contributed by atoms with van der Waals surface area (Å²) in [5.41, 5.74) is 2.35. The average Bonchev–Trinajstić information content (AvgIpc) is 2.99. The first kappa shape index (κ1) is 14.0. The van der Waals surface area contributed by atoms with Crippen LogP contribution in [0, 0.1) is 0 Å². The number of fused-ring (bicyclic) bond motifs is 1. The van der Waals surface area contributed by atoms with Crippen LogP contribution in [0.15, 0.2) is 41.7 Å². The van der Waals surface area contributed by atoms with Crippen LogP contribution >= 0.6 is 0 Å². The molecule has 0 amide bonds. The lowest BCUT2D eigenvalue weighted by molar-refractivity contribution is 0.479. The van der Waals surface area contributed by atoms with E-state index in [1.807, 2.05) is 10.6 Å². The molecule has 3 N–H and O–H groups in total. The molecule has 4 rings (SSSR count). The van der Waals surface area contributed by atoms with Crippen LogP contribution in [0.25, 0.3) is 17.0 Å². The lowest BCUT2D eigenvalue weighted by atomic mass is 10.1. The summed E-state index contributed by atoms with van der Waals surface area (Å²) in [6.07, 6.45) is 9.35. The molecule has 0 saturated carbocycles. The molecule has 23 heavy (non-hydrogen) atoms. The summed E-state index contributed by atoms with van der Waals surface area (Å²) in [7, 11) is 0. The second-order valence-corrected chi connectivity index (χ2v) is 5.77. The minimum atomic E-state index is -0.0234. The van der Waals surface area contributed by atoms with Crippen molar-refractivity contribution in [2.45, 2.75) is 18.9 Å². The zero-order valence-corrected chi connectivity index (χ0v) is 12.6. The molecule has 0 spiro atoms. The van der Waals surface area contributed by atoms with Gasteiger partial charge in [-0.15, -0.1) is 0 Å². The standard InChI is InChI=1S/C16H18N6O/c23-12-3-5-22-14(9-19-16(22)6-12)13-8-18-10-15(21-13)20-11-2-1-4-17-7-11/h3,5-6,8-11,17,19H,1-2,4,7H2,(H,20,21). The monoisotopic (exact) mass is 310 g/mol. The number of hydrogen-bond acceptors (Lipinski definition) is 5. The predicted octanol–water partition coefficient (Wildman–Crippen LogP) is 1.25. The summed E-state index contributed by atoms with van der Waals surface area (Å²) in [6.45, 7) is 2.03. The number of rotatable bonds is 3. The van der Waals surface area contributed by atoms with E-state index < -0.39 is 0 Å². The van der Waals surface area contributed by atoms with Crippen LogP contribution in [0.4, 0.5) is 5.82 Å². The molecule has 4 heterocycles. The van der Waals surface area contributed by atoms with E-state index in [-0.39, 0.29) is 5.43 Å². The second-order valence-electron chi connectivity index (χ2n) is 5.77. The highest BCUT2D eigenvalue weighted by Crippen LogP contribution is 2.19. The summed E-state index contributed by atoms with van der Waals surface area (Å²) >= 11 is 0. The average molecular weight is 310 g/mol. The molecule has 118 valence electrons. The third kappa shape index (κ3) is 2.83. The van der Waals surface area contributed by atoms with Crippen molar-refractivity contribution in [3.05, 3.63) is 47.1 Å². The SMILES string of the molecule is O=c1ccn2c(-c3cncc(NC4CCCNC4)n3)c[nH]c2c1. The van der Waals surface area contributed by atoms with Crippen molar-refractivity contribution in [3.63, 3.8) is 0 Å². The van der Waals surface area contributed by atoms with Crippen LogP contribution in [0.5, 0.6) is 0 Å². The van der Waals surface area contributed by atoms with Crippen molar-refractivity contribution >= 4 is 11.5 Å². The van der Waals surface area contributed by atoms with Gasteiger partial charge in [0.05, 0.1) is 18.1 Å². The summed E-state index contributed by atoms with van der Waals surface area (Å²) in [6, 6.07) is 3.48. The van der Waals surface area contributed by atoms with Crippen molar-refractivity contribution < 1.29 is 0 Å². The van der Waals surface area contributed by atoms with E-state index >= 15 is 0 Å². The largest absolute Gasteiger partial charge is 0.365 e. The fourth-order valence-electron chi connectivity index (χ4n) is 2.95. The van der Waals surface area contributed by atoms with Gasteiger partial charge >= 0.3 is 0 Å². The van der Waals surface area contributed by atoms with E-state index in [4.69, 9.17) is 0 Å². The Morgan fingerprint density at radius 3 is 3.17 bits per heavy atom. The highest BCUT2D eigenvalue weighted by atomic mass is 16.1. The number of aromatic amines is 1. The number of nitrogens with one attached hydrogen (secondary N) is 3. The van der Waals surface area contributed by atoms with E-state index in [1.54, 1.807) is 24.7 Å². The van der Waals surface area contributed by atoms with Crippen molar-refractivity contribution in [2.24, 2.45) is 0 Å². The minimum absolute atomic E-state index is 0.0234. The Morgan fingerprint density at radius 1 is 1.35 bits per heavy atom. The van der Waals surface area contributed by atoms with Gasteiger partial charge in [-0.3, -0.25) is 14.2 Å². The molecule has 7 heteroatoms. The number of hydrogen-bond donors (Lipinski definition) is 3. The third-order valence-corrected chi connectivity index (χ3v) is 4.09. The molecule has 7 nitrogen and oxygen atoms in total. The predicted molar refractivity (Wildman–Crippen MR) is 88.6 cm³/mol. The van der Waals surface area contributed by atoms with Gasteiger partial charge in [-0.1, -0.05) is 0 Å². The highest BCUT2D eigenvalue weighted by Gasteiger charge is 2.14. The van der Waals surface area contributed by atoms with Crippen LogP contribution in [-0.4, -0.2) is 38.5 Å². The number of imidazole rings is 1. The number of H-pyrrole nitrogens is 1. The Labute approximate surface area is 132 Å². The van der Waals surface area contributed by atoms with Gasteiger partial charge in [0.25, 0.3) is 0 Å². The quantitative estimate of drug-likeness (QED) is 0.678. The summed E-state index contributed by atoms with van der Waals surface area (Å²) in [4.78, 5) is 23.5. The molecule has 3 aromatic heterocycles. The number of aromatic nitrogens is 4. The van der Waals surface area contributed by atoms with Gasteiger partial charge < -0.3 is 15.6 Å². The van der Waals surface area contributed by atoms with Crippen molar-refractivity contribution in [2.75, 3.05) is 18.4 Å². The van der Waals surface area contributed by atoms with E-state index in [1.165, 1.54) is 12.5 Å². The molecule has 1 aliphatic heterocycles. The van der Waals surface area contributed by atoms with Crippen LogP contribution in [0.1, 0.15) is 12.8 Å². The van der Waals surface area contributed by atoms with Crippen molar-refractivity contribution in [1.82, 2.24) is 24.7 Å². The summed E-state index contributed by atoms with van der Waals surface area (Å²) < 4.78 is 1.90. The van der Waals surface area contributed by atoms with E-state index in [9.17, 15) is 4.79 Å². The maximum absolute atomic E-state index is 11.4. The van der Waals surface area contributed by atoms with Crippen LogP contribution in [-0.2, 0) is 0 Å². The Bertz CT molecular complexity index is 877. The first-order chi connectivity index (χ1) is 11.3. The summed E-state index contributed by atoms with van der Waals surface area (Å²) in [5.74, 6) is 0.770. The van der Waals surface area contributed by atoms with Gasteiger partial charge in [-0.05, 0) is 19.4 Å². The lowest BCUT2D eigenvalue weighted by Gasteiger charge is -2.24. The minimum Gasteiger partial charge on any atom is -0.365 e. The van der Waals surface area contributed by atoms with Crippen molar-refractivity contribution in [3.8, 4) is 11.4 Å². The van der Waals surface area contributed by atoms with Gasteiger partial charge in [0.2, 0.25) is 0 Å². The highest BCUT2D eigenvalue weighted by molar-refractivity contribution is 5.60. The normalized spacial score (nSPS) is 18.2. The molecular weight excluding hydrogens is 292 g/mol. The number of nitrogens with zero attached hydrogens (tertiary/aromatic N) is 3. The lowest BCUT2D eigenvalue weighted by Crippen LogP contribution is -2.38. The molecule has 0 radical (unpaired) electrons. The van der Waals surface area contributed by atoms with Crippen LogP contribution < -0.4 is 16.1 Å². The molecule has 0 aromatic carbocycles. The molecular formula is C16H18N6O. The smallest absolute Gasteiger partial charge is 0.183 e.